The lowest BCUT2D eigenvalue weighted by Crippen LogP contribution is -2.32. The van der Waals surface area contributed by atoms with E-state index in [1.54, 1.807) is 0 Å². The highest BCUT2D eigenvalue weighted by Gasteiger charge is 2.40. The number of hydrogen-bond acceptors (Lipinski definition) is 4. The SMILES string of the molecule is Cc1ccc(N2C(=O)C(Nc3ccc(N4CCCC4)cc3)=C(c3ccc(C)cc3C)C2=O)cc1. The van der Waals surface area contributed by atoms with E-state index in [9.17, 15) is 9.59 Å². The molecule has 34 heavy (non-hydrogen) atoms. The smallest absolute Gasteiger partial charge is 0.282 e. The second-order valence-electron chi connectivity index (χ2n) is 9.22. The van der Waals surface area contributed by atoms with Gasteiger partial charge in [-0.3, -0.25) is 9.59 Å². The van der Waals surface area contributed by atoms with E-state index in [1.165, 1.54) is 23.4 Å². The van der Waals surface area contributed by atoms with E-state index in [2.05, 4.69) is 22.3 Å². The molecule has 0 saturated carbocycles. The molecule has 0 radical (unpaired) electrons. The molecule has 2 aliphatic rings. The molecule has 1 fully saturated rings. The fourth-order valence-corrected chi connectivity index (χ4v) is 4.79. The minimum atomic E-state index is -0.340. The first kappa shape index (κ1) is 22.0. The zero-order valence-electron chi connectivity index (χ0n) is 19.9. The lowest BCUT2D eigenvalue weighted by atomic mass is 9.97. The molecular weight excluding hydrogens is 422 g/mol. The molecule has 1 N–H and O–H groups in total. The monoisotopic (exact) mass is 451 g/mol. The number of imide groups is 1. The summed E-state index contributed by atoms with van der Waals surface area (Å²) in [5, 5.41) is 3.29. The Balaban J connectivity index is 1.54. The summed E-state index contributed by atoms with van der Waals surface area (Å²) in [6.45, 7) is 8.13. The number of amides is 2. The third-order valence-corrected chi connectivity index (χ3v) is 6.64. The molecule has 5 heteroatoms. The van der Waals surface area contributed by atoms with Gasteiger partial charge in [-0.1, -0.05) is 41.5 Å². The van der Waals surface area contributed by atoms with Crippen molar-refractivity contribution in [2.45, 2.75) is 33.6 Å². The topological polar surface area (TPSA) is 52.7 Å². The molecule has 5 rings (SSSR count). The van der Waals surface area contributed by atoms with E-state index >= 15 is 0 Å². The van der Waals surface area contributed by atoms with Crippen LogP contribution in [0.3, 0.4) is 0 Å². The molecule has 2 amide bonds. The van der Waals surface area contributed by atoms with E-state index in [1.807, 2.05) is 75.4 Å². The van der Waals surface area contributed by atoms with Crippen LogP contribution in [0.4, 0.5) is 17.1 Å². The Kier molecular flexibility index (Phi) is 5.70. The molecular formula is C29H29N3O2. The van der Waals surface area contributed by atoms with Crippen LogP contribution < -0.4 is 15.1 Å². The summed E-state index contributed by atoms with van der Waals surface area (Å²) in [6, 6.07) is 21.5. The standard InChI is InChI=1S/C29H29N3O2/c1-19-6-11-24(12-7-19)32-28(33)26(25-15-8-20(2)18-21(25)3)27(29(32)34)30-22-9-13-23(14-10-22)31-16-4-5-17-31/h6-15,18,30H,4-5,16-17H2,1-3H3. The first-order chi connectivity index (χ1) is 16.4. The maximum absolute atomic E-state index is 13.7. The maximum Gasteiger partial charge on any atom is 0.282 e. The van der Waals surface area contributed by atoms with Gasteiger partial charge < -0.3 is 10.2 Å². The first-order valence-corrected chi connectivity index (χ1v) is 11.8. The van der Waals surface area contributed by atoms with Gasteiger partial charge >= 0.3 is 0 Å². The Bertz CT molecular complexity index is 1280. The summed E-state index contributed by atoms with van der Waals surface area (Å²) in [7, 11) is 0. The van der Waals surface area contributed by atoms with Crippen LogP contribution >= 0.6 is 0 Å². The van der Waals surface area contributed by atoms with Crippen LogP contribution in [0.25, 0.3) is 5.57 Å². The van der Waals surface area contributed by atoms with Crippen molar-refractivity contribution in [3.8, 4) is 0 Å². The predicted octanol–water partition coefficient (Wildman–Crippen LogP) is 5.61. The number of benzene rings is 3. The second kappa shape index (κ2) is 8.82. The van der Waals surface area contributed by atoms with Gasteiger partial charge in [-0.15, -0.1) is 0 Å². The number of carbonyl (C=O) groups is 2. The van der Waals surface area contributed by atoms with Crippen LogP contribution in [0.5, 0.6) is 0 Å². The molecule has 2 heterocycles. The summed E-state index contributed by atoms with van der Waals surface area (Å²) in [5.74, 6) is -0.649. The first-order valence-electron chi connectivity index (χ1n) is 11.8. The number of rotatable bonds is 5. The average molecular weight is 452 g/mol. The molecule has 0 bridgehead atoms. The lowest BCUT2D eigenvalue weighted by Gasteiger charge is -2.18. The number of nitrogens with zero attached hydrogens (tertiary/aromatic N) is 2. The van der Waals surface area contributed by atoms with E-state index in [0.29, 0.717) is 17.0 Å². The highest BCUT2D eigenvalue weighted by molar-refractivity contribution is 6.46. The Hall–Kier alpha value is -3.86. The van der Waals surface area contributed by atoms with Gasteiger partial charge in [0.25, 0.3) is 11.8 Å². The van der Waals surface area contributed by atoms with E-state index in [0.717, 1.165) is 41.0 Å². The Morgan fingerprint density at radius 2 is 1.32 bits per heavy atom. The summed E-state index contributed by atoms with van der Waals surface area (Å²) in [6.07, 6.45) is 2.44. The Morgan fingerprint density at radius 1 is 0.706 bits per heavy atom. The quantitative estimate of drug-likeness (QED) is 0.513. The van der Waals surface area contributed by atoms with Crippen molar-refractivity contribution in [1.29, 1.82) is 0 Å². The molecule has 5 nitrogen and oxygen atoms in total. The van der Waals surface area contributed by atoms with Gasteiger partial charge in [-0.05, 0) is 81.1 Å². The van der Waals surface area contributed by atoms with Crippen molar-refractivity contribution >= 4 is 34.4 Å². The van der Waals surface area contributed by atoms with Crippen molar-refractivity contribution in [1.82, 2.24) is 0 Å². The molecule has 2 aliphatic heterocycles. The van der Waals surface area contributed by atoms with Crippen molar-refractivity contribution in [2.24, 2.45) is 0 Å². The normalized spacial score (nSPS) is 16.1. The van der Waals surface area contributed by atoms with Gasteiger partial charge in [0, 0.05) is 24.5 Å². The molecule has 0 atom stereocenters. The number of anilines is 3. The fraction of sp³-hybridized carbons (Fsp3) is 0.241. The molecule has 172 valence electrons. The second-order valence-corrected chi connectivity index (χ2v) is 9.22. The highest BCUT2D eigenvalue weighted by atomic mass is 16.2. The number of aryl methyl sites for hydroxylation is 3. The Labute approximate surface area is 200 Å². The van der Waals surface area contributed by atoms with Gasteiger partial charge in [0.15, 0.2) is 0 Å². The molecule has 0 aliphatic carbocycles. The van der Waals surface area contributed by atoms with Crippen LogP contribution in [0.1, 0.15) is 35.1 Å². The maximum atomic E-state index is 13.7. The predicted molar refractivity (Wildman–Crippen MR) is 138 cm³/mol. The summed E-state index contributed by atoms with van der Waals surface area (Å²) in [5.41, 5.74) is 7.18. The fourth-order valence-electron chi connectivity index (χ4n) is 4.79. The van der Waals surface area contributed by atoms with Crippen molar-refractivity contribution in [2.75, 3.05) is 28.2 Å². The number of nitrogens with one attached hydrogen (secondary N) is 1. The molecule has 3 aromatic rings. The van der Waals surface area contributed by atoms with Crippen molar-refractivity contribution < 1.29 is 9.59 Å². The van der Waals surface area contributed by atoms with E-state index < -0.39 is 0 Å². The lowest BCUT2D eigenvalue weighted by molar-refractivity contribution is -0.120. The van der Waals surface area contributed by atoms with Crippen molar-refractivity contribution in [3.63, 3.8) is 0 Å². The highest BCUT2D eigenvalue weighted by Crippen LogP contribution is 2.35. The number of carbonyl (C=O) groups excluding carboxylic acids is 2. The van der Waals surface area contributed by atoms with Gasteiger partial charge in [0.1, 0.15) is 5.70 Å². The summed E-state index contributed by atoms with van der Waals surface area (Å²) in [4.78, 5) is 30.9. The number of hydrogen-bond donors (Lipinski definition) is 1. The van der Waals surface area contributed by atoms with Gasteiger partial charge in [-0.2, -0.15) is 0 Å². The van der Waals surface area contributed by atoms with Crippen LogP contribution in [0, 0.1) is 20.8 Å². The summed E-state index contributed by atoms with van der Waals surface area (Å²) >= 11 is 0. The molecule has 3 aromatic carbocycles. The third kappa shape index (κ3) is 3.98. The van der Waals surface area contributed by atoms with Gasteiger partial charge in [0.2, 0.25) is 0 Å². The average Bonchev–Trinajstić information content (AvgIpc) is 3.43. The van der Waals surface area contributed by atoms with E-state index in [-0.39, 0.29) is 11.8 Å². The minimum Gasteiger partial charge on any atom is -0.372 e. The van der Waals surface area contributed by atoms with Crippen LogP contribution in [0.15, 0.2) is 72.4 Å². The largest absolute Gasteiger partial charge is 0.372 e. The van der Waals surface area contributed by atoms with Gasteiger partial charge in [-0.25, -0.2) is 4.90 Å². The van der Waals surface area contributed by atoms with Crippen LogP contribution in [-0.4, -0.2) is 24.9 Å². The van der Waals surface area contributed by atoms with E-state index in [4.69, 9.17) is 0 Å². The van der Waals surface area contributed by atoms with Crippen LogP contribution in [0.2, 0.25) is 0 Å². The summed E-state index contributed by atoms with van der Waals surface area (Å²) < 4.78 is 0. The third-order valence-electron chi connectivity index (χ3n) is 6.64. The Morgan fingerprint density at radius 3 is 1.97 bits per heavy atom. The molecule has 0 unspecified atom stereocenters. The van der Waals surface area contributed by atoms with Crippen LogP contribution in [-0.2, 0) is 9.59 Å². The minimum absolute atomic E-state index is 0.308. The molecule has 1 saturated heterocycles. The zero-order valence-corrected chi connectivity index (χ0v) is 19.9. The zero-order chi connectivity index (χ0) is 23.8. The van der Waals surface area contributed by atoms with Crippen molar-refractivity contribution in [3.05, 3.63) is 94.7 Å². The van der Waals surface area contributed by atoms with Gasteiger partial charge in [0.05, 0.1) is 11.3 Å². The molecule has 0 aromatic heterocycles. The molecule has 0 spiro atoms.